The Morgan fingerprint density at radius 1 is 0.900 bits per heavy atom. The maximum absolute atomic E-state index is 5.47. The van der Waals surface area contributed by atoms with Crippen molar-refractivity contribution < 1.29 is 4.84 Å². The highest BCUT2D eigenvalue weighted by atomic mass is 16.6. The van der Waals surface area contributed by atoms with Crippen molar-refractivity contribution >= 4 is 10.9 Å². The van der Waals surface area contributed by atoms with Gasteiger partial charge in [0.1, 0.15) is 0 Å². The molecular weight excluding hydrogens is 248 g/mol. The fourth-order valence-electron chi connectivity index (χ4n) is 2.08. The van der Waals surface area contributed by atoms with Crippen molar-refractivity contribution in [2.24, 2.45) is 0 Å². The Bertz CT molecular complexity index is 683. The average molecular weight is 264 g/mol. The Kier molecular flexibility index (Phi) is 4.01. The Labute approximate surface area is 118 Å². The van der Waals surface area contributed by atoms with Gasteiger partial charge in [-0.25, -0.2) is 0 Å². The van der Waals surface area contributed by atoms with E-state index in [9.17, 15) is 0 Å². The highest BCUT2D eigenvalue weighted by Crippen LogP contribution is 2.13. The Morgan fingerprint density at radius 2 is 1.80 bits per heavy atom. The molecule has 0 fully saturated rings. The predicted octanol–water partition coefficient (Wildman–Crippen LogP) is 3.46. The van der Waals surface area contributed by atoms with E-state index < -0.39 is 0 Å². The van der Waals surface area contributed by atoms with Gasteiger partial charge in [0.05, 0.1) is 12.1 Å². The second-order valence-corrected chi connectivity index (χ2v) is 4.63. The van der Waals surface area contributed by atoms with E-state index in [1.165, 1.54) is 5.56 Å². The number of hydrogen-bond donors (Lipinski definition) is 1. The van der Waals surface area contributed by atoms with E-state index in [1.54, 1.807) is 0 Å². The molecule has 0 amide bonds. The lowest BCUT2D eigenvalue weighted by molar-refractivity contribution is 0.0235. The van der Waals surface area contributed by atoms with Gasteiger partial charge in [0.25, 0.3) is 0 Å². The Balaban J connectivity index is 1.55. The van der Waals surface area contributed by atoms with E-state index in [0.29, 0.717) is 13.2 Å². The van der Waals surface area contributed by atoms with E-state index in [-0.39, 0.29) is 0 Å². The first-order chi connectivity index (χ1) is 9.92. The molecule has 0 aliphatic carbocycles. The van der Waals surface area contributed by atoms with E-state index in [1.807, 2.05) is 48.7 Å². The number of nitrogens with one attached hydrogen (secondary N) is 1. The minimum Gasteiger partial charge on any atom is -0.297 e. The molecule has 0 saturated carbocycles. The van der Waals surface area contributed by atoms with Crippen LogP contribution >= 0.6 is 0 Å². The molecule has 20 heavy (non-hydrogen) atoms. The molecule has 0 aliphatic rings. The van der Waals surface area contributed by atoms with Crippen LogP contribution in [0.5, 0.6) is 0 Å². The normalized spacial score (nSPS) is 10.8. The number of fused-ring (bicyclic) bond motifs is 1. The van der Waals surface area contributed by atoms with Gasteiger partial charge in [-0.05, 0) is 29.3 Å². The number of benzene rings is 2. The first-order valence-electron chi connectivity index (χ1n) is 6.64. The zero-order valence-corrected chi connectivity index (χ0v) is 11.1. The molecule has 1 aromatic heterocycles. The molecule has 0 unspecified atom stereocenters. The molecule has 3 aromatic rings. The second kappa shape index (κ2) is 6.28. The SMILES string of the molecule is c1ccc(CONCc2ccc3ncccc3c2)cc1. The first kappa shape index (κ1) is 12.8. The number of nitrogens with zero attached hydrogens (tertiary/aromatic N) is 1. The van der Waals surface area contributed by atoms with Crippen molar-refractivity contribution in [3.63, 3.8) is 0 Å². The molecular formula is C17H16N2O. The van der Waals surface area contributed by atoms with Crippen LogP contribution in [-0.4, -0.2) is 4.98 Å². The molecule has 1 N–H and O–H groups in total. The molecule has 0 atom stereocenters. The van der Waals surface area contributed by atoms with Crippen LogP contribution in [-0.2, 0) is 18.0 Å². The highest BCUT2D eigenvalue weighted by Gasteiger charge is 1.97. The van der Waals surface area contributed by atoms with Crippen LogP contribution in [0.1, 0.15) is 11.1 Å². The van der Waals surface area contributed by atoms with E-state index in [2.05, 4.69) is 28.7 Å². The van der Waals surface area contributed by atoms with Crippen molar-refractivity contribution in [2.45, 2.75) is 13.2 Å². The third kappa shape index (κ3) is 3.20. The van der Waals surface area contributed by atoms with Gasteiger partial charge in [-0.2, -0.15) is 5.48 Å². The molecule has 0 saturated heterocycles. The summed E-state index contributed by atoms with van der Waals surface area (Å²) in [6.45, 7) is 1.24. The van der Waals surface area contributed by atoms with Gasteiger partial charge in [0, 0.05) is 18.1 Å². The van der Waals surface area contributed by atoms with Gasteiger partial charge in [-0.3, -0.25) is 9.82 Å². The van der Waals surface area contributed by atoms with Gasteiger partial charge in [0.2, 0.25) is 0 Å². The quantitative estimate of drug-likeness (QED) is 0.566. The fraction of sp³-hybridized carbons (Fsp3) is 0.118. The van der Waals surface area contributed by atoms with Gasteiger partial charge < -0.3 is 0 Å². The van der Waals surface area contributed by atoms with Crippen LogP contribution in [0.15, 0.2) is 66.9 Å². The Hall–Kier alpha value is -2.23. The maximum Gasteiger partial charge on any atom is 0.0933 e. The molecule has 1 heterocycles. The van der Waals surface area contributed by atoms with E-state index >= 15 is 0 Å². The van der Waals surface area contributed by atoms with Crippen LogP contribution in [0.4, 0.5) is 0 Å². The van der Waals surface area contributed by atoms with E-state index in [4.69, 9.17) is 4.84 Å². The second-order valence-electron chi connectivity index (χ2n) is 4.63. The van der Waals surface area contributed by atoms with Crippen molar-refractivity contribution in [1.29, 1.82) is 0 Å². The summed E-state index contributed by atoms with van der Waals surface area (Å²) in [5.74, 6) is 0. The van der Waals surface area contributed by atoms with Crippen molar-refractivity contribution in [2.75, 3.05) is 0 Å². The minimum atomic E-state index is 0.565. The van der Waals surface area contributed by atoms with Gasteiger partial charge >= 0.3 is 0 Å². The molecule has 3 rings (SSSR count). The summed E-state index contributed by atoms with van der Waals surface area (Å²) < 4.78 is 0. The monoisotopic (exact) mass is 264 g/mol. The zero-order valence-electron chi connectivity index (χ0n) is 11.1. The smallest absolute Gasteiger partial charge is 0.0933 e. The summed E-state index contributed by atoms with van der Waals surface area (Å²) >= 11 is 0. The topological polar surface area (TPSA) is 34.1 Å². The number of aromatic nitrogens is 1. The standard InChI is InChI=1S/C17H16N2O/c1-2-5-14(6-3-1)13-20-19-12-15-8-9-17-16(11-15)7-4-10-18-17/h1-11,19H,12-13H2. The summed E-state index contributed by atoms with van der Waals surface area (Å²) in [5.41, 5.74) is 6.34. The Morgan fingerprint density at radius 3 is 2.70 bits per heavy atom. The summed E-state index contributed by atoms with van der Waals surface area (Å²) in [4.78, 5) is 9.78. The third-order valence-corrected chi connectivity index (χ3v) is 3.13. The van der Waals surface area contributed by atoms with Crippen LogP contribution in [0.2, 0.25) is 0 Å². The largest absolute Gasteiger partial charge is 0.297 e. The zero-order chi connectivity index (χ0) is 13.6. The number of pyridine rings is 1. The van der Waals surface area contributed by atoms with Gasteiger partial charge in [0.15, 0.2) is 0 Å². The number of hydroxylamine groups is 1. The lowest BCUT2D eigenvalue weighted by atomic mass is 10.1. The van der Waals surface area contributed by atoms with Crippen molar-refractivity contribution in [3.05, 3.63) is 78.0 Å². The summed E-state index contributed by atoms with van der Waals surface area (Å²) in [6, 6.07) is 20.3. The number of rotatable bonds is 5. The van der Waals surface area contributed by atoms with Crippen LogP contribution in [0, 0.1) is 0 Å². The molecule has 0 radical (unpaired) electrons. The van der Waals surface area contributed by atoms with Crippen LogP contribution in [0.25, 0.3) is 10.9 Å². The van der Waals surface area contributed by atoms with Crippen LogP contribution < -0.4 is 5.48 Å². The molecule has 0 bridgehead atoms. The molecule has 3 nitrogen and oxygen atoms in total. The molecule has 2 aromatic carbocycles. The molecule has 0 spiro atoms. The third-order valence-electron chi connectivity index (χ3n) is 3.13. The van der Waals surface area contributed by atoms with E-state index in [0.717, 1.165) is 16.5 Å². The lowest BCUT2D eigenvalue weighted by Crippen LogP contribution is -2.13. The van der Waals surface area contributed by atoms with Crippen molar-refractivity contribution in [3.8, 4) is 0 Å². The van der Waals surface area contributed by atoms with Gasteiger partial charge in [-0.15, -0.1) is 0 Å². The summed E-state index contributed by atoms with van der Waals surface area (Å²) in [7, 11) is 0. The number of hydrogen-bond acceptors (Lipinski definition) is 3. The predicted molar refractivity (Wildman–Crippen MR) is 79.8 cm³/mol. The first-order valence-corrected chi connectivity index (χ1v) is 6.64. The average Bonchev–Trinajstić information content (AvgIpc) is 2.52. The molecule has 0 aliphatic heterocycles. The highest BCUT2D eigenvalue weighted by molar-refractivity contribution is 5.78. The lowest BCUT2D eigenvalue weighted by Gasteiger charge is -2.07. The summed E-state index contributed by atoms with van der Waals surface area (Å²) in [5, 5.41) is 1.15. The minimum absolute atomic E-state index is 0.565. The van der Waals surface area contributed by atoms with Crippen LogP contribution in [0.3, 0.4) is 0 Å². The van der Waals surface area contributed by atoms with Gasteiger partial charge in [-0.1, -0.05) is 42.5 Å². The summed E-state index contributed by atoms with van der Waals surface area (Å²) in [6.07, 6.45) is 1.81. The van der Waals surface area contributed by atoms with Crippen molar-refractivity contribution in [1.82, 2.24) is 10.5 Å². The molecule has 100 valence electrons. The molecule has 3 heteroatoms. The fourth-order valence-corrected chi connectivity index (χ4v) is 2.08. The maximum atomic E-state index is 5.47.